The summed E-state index contributed by atoms with van der Waals surface area (Å²) >= 11 is 0. The van der Waals surface area contributed by atoms with E-state index in [2.05, 4.69) is 9.17 Å². The van der Waals surface area contributed by atoms with Crippen LogP contribution in [-0.2, 0) is 10.5 Å². The Morgan fingerprint density at radius 3 is 2.50 bits per heavy atom. The first kappa shape index (κ1) is 11.0. The van der Waals surface area contributed by atoms with Crippen molar-refractivity contribution < 1.29 is 16.5 Å². The summed E-state index contributed by atoms with van der Waals surface area (Å²) in [6, 6.07) is 12.2. The van der Waals surface area contributed by atoms with E-state index in [0.29, 0.717) is 5.52 Å². The molecule has 0 atom stereocenters. The predicted molar refractivity (Wildman–Crippen MR) is 66.5 cm³/mol. The third-order valence-corrected chi connectivity index (χ3v) is 3.06. The molecule has 0 saturated carbocycles. The highest BCUT2D eigenvalue weighted by Crippen LogP contribution is 2.28. The molecule has 3 aromatic rings. The first-order valence-electron chi connectivity index (χ1n) is 5.17. The van der Waals surface area contributed by atoms with Crippen LogP contribution in [-0.4, -0.2) is 13.4 Å². The molecule has 1 N–H and O–H groups in total. The average Bonchev–Trinajstić information content (AvgIpc) is 2.64. The molecule has 0 saturated heterocycles. The Bertz CT molecular complexity index is 839. The van der Waals surface area contributed by atoms with Gasteiger partial charge in [0.2, 0.25) is 0 Å². The minimum atomic E-state index is -4.99. The van der Waals surface area contributed by atoms with E-state index in [9.17, 15) is 12.3 Å². The molecule has 1 heterocycles. The monoisotopic (exact) mass is 265 g/mol. The summed E-state index contributed by atoms with van der Waals surface area (Å²) in [4.78, 5) is 3.11. The number of hydrogen-bond acceptors (Lipinski definition) is 3. The fourth-order valence-electron chi connectivity index (χ4n) is 2.00. The van der Waals surface area contributed by atoms with Crippen molar-refractivity contribution in [2.45, 2.75) is 0 Å². The van der Waals surface area contributed by atoms with Gasteiger partial charge in [-0.05, 0) is 18.2 Å². The molecule has 0 spiro atoms. The number of aromatic nitrogens is 1. The van der Waals surface area contributed by atoms with Gasteiger partial charge < -0.3 is 9.17 Å². The summed E-state index contributed by atoms with van der Waals surface area (Å²) in [6.45, 7) is 0. The highest BCUT2D eigenvalue weighted by Gasteiger charge is 2.11. The van der Waals surface area contributed by atoms with E-state index in [0.717, 1.165) is 16.3 Å². The lowest BCUT2D eigenvalue weighted by molar-refractivity contribution is 0.440. The Morgan fingerprint density at radius 1 is 1.00 bits per heavy atom. The maximum absolute atomic E-state index is 12.4. The smallest absolute Gasteiger partial charge is 0.358 e. The largest absolute Gasteiger partial charge is 0.488 e. The van der Waals surface area contributed by atoms with E-state index >= 15 is 0 Å². The van der Waals surface area contributed by atoms with Crippen LogP contribution in [0.1, 0.15) is 0 Å². The molecule has 18 heavy (non-hydrogen) atoms. The molecule has 92 valence electrons. The molecule has 2 aromatic carbocycles. The van der Waals surface area contributed by atoms with Crippen LogP contribution in [0.4, 0.5) is 3.89 Å². The van der Waals surface area contributed by atoms with Gasteiger partial charge in [0, 0.05) is 22.4 Å². The number of nitrogens with one attached hydrogen (secondary N) is 1. The molecule has 0 aliphatic rings. The third kappa shape index (κ3) is 1.91. The fourth-order valence-corrected chi connectivity index (χ4v) is 2.33. The SMILES string of the molecule is O=S(=O)(F)Oc1ccc2c(c1)[nH]c1ccccc12. The molecule has 1 aromatic heterocycles. The average molecular weight is 265 g/mol. The van der Waals surface area contributed by atoms with Crippen molar-refractivity contribution in [2.24, 2.45) is 0 Å². The summed E-state index contributed by atoms with van der Waals surface area (Å²) in [5.74, 6) is -0.0587. The molecular formula is C12H8FNO3S. The topological polar surface area (TPSA) is 59.2 Å². The van der Waals surface area contributed by atoms with Crippen molar-refractivity contribution in [1.29, 1.82) is 0 Å². The van der Waals surface area contributed by atoms with Crippen LogP contribution in [0.3, 0.4) is 0 Å². The zero-order chi connectivity index (χ0) is 12.8. The summed E-state index contributed by atoms with van der Waals surface area (Å²) in [5.41, 5.74) is 1.62. The van der Waals surface area contributed by atoms with Crippen LogP contribution in [0.25, 0.3) is 21.8 Å². The van der Waals surface area contributed by atoms with Gasteiger partial charge in [-0.3, -0.25) is 0 Å². The number of halogens is 1. The van der Waals surface area contributed by atoms with Crippen LogP contribution in [0.15, 0.2) is 42.5 Å². The lowest BCUT2D eigenvalue weighted by Gasteiger charge is -1.99. The fraction of sp³-hybridized carbons (Fsp3) is 0. The van der Waals surface area contributed by atoms with Crippen LogP contribution in [0.2, 0.25) is 0 Å². The molecular weight excluding hydrogens is 257 g/mol. The molecule has 3 rings (SSSR count). The predicted octanol–water partition coefficient (Wildman–Crippen LogP) is 2.91. The Kier molecular flexibility index (Phi) is 2.27. The second-order valence-corrected chi connectivity index (χ2v) is 4.81. The maximum Gasteiger partial charge on any atom is 0.488 e. The standard InChI is InChI=1S/C12H8FNO3S/c13-18(15,16)17-8-5-6-10-9-3-1-2-4-11(9)14-12(10)7-8/h1-7,14H. The van der Waals surface area contributed by atoms with Gasteiger partial charge in [0.05, 0.1) is 5.52 Å². The van der Waals surface area contributed by atoms with Crippen LogP contribution < -0.4 is 4.18 Å². The lowest BCUT2D eigenvalue weighted by Crippen LogP contribution is -2.00. The minimum Gasteiger partial charge on any atom is -0.358 e. The molecule has 0 unspecified atom stereocenters. The number of aromatic amines is 1. The third-order valence-electron chi connectivity index (χ3n) is 2.67. The summed E-state index contributed by atoms with van der Waals surface area (Å²) in [5, 5.41) is 1.94. The molecule has 4 nitrogen and oxygen atoms in total. The van der Waals surface area contributed by atoms with E-state index < -0.39 is 10.5 Å². The maximum atomic E-state index is 12.4. The second kappa shape index (κ2) is 3.71. The summed E-state index contributed by atoms with van der Waals surface area (Å²) in [7, 11) is -4.99. The Hall–Kier alpha value is -2.08. The quantitative estimate of drug-likeness (QED) is 0.725. The molecule has 0 aliphatic heterocycles. The molecule has 6 heteroatoms. The van der Waals surface area contributed by atoms with Crippen molar-refractivity contribution in [3.8, 4) is 5.75 Å². The van der Waals surface area contributed by atoms with Gasteiger partial charge in [0.15, 0.2) is 0 Å². The molecule has 0 aliphatic carbocycles. The Balaban J connectivity index is 2.21. The van der Waals surface area contributed by atoms with E-state index in [-0.39, 0.29) is 5.75 Å². The lowest BCUT2D eigenvalue weighted by atomic mass is 10.1. The molecule has 0 amide bonds. The number of H-pyrrole nitrogens is 1. The number of benzene rings is 2. The van der Waals surface area contributed by atoms with Gasteiger partial charge in [0.1, 0.15) is 5.75 Å². The van der Waals surface area contributed by atoms with E-state index in [1.165, 1.54) is 12.1 Å². The zero-order valence-corrected chi connectivity index (χ0v) is 9.87. The number of hydrogen-bond donors (Lipinski definition) is 1. The second-order valence-electron chi connectivity index (χ2n) is 3.85. The highest BCUT2D eigenvalue weighted by atomic mass is 32.3. The van der Waals surface area contributed by atoms with Crippen molar-refractivity contribution in [3.63, 3.8) is 0 Å². The van der Waals surface area contributed by atoms with Crippen LogP contribution in [0.5, 0.6) is 5.75 Å². The zero-order valence-electron chi connectivity index (χ0n) is 9.05. The molecule has 0 fully saturated rings. The van der Waals surface area contributed by atoms with Gasteiger partial charge in [-0.25, -0.2) is 0 Å². The van der Waals surface area contributed by atoms with E-state index in [1.54, 1.807) is 6.07 Å². The number of rotatable bonds is 2. The van der Waals surface area contributed by atoms with Gasteiger partial charge in [0.25, 0.3) is 0 Å². The number of fused-ring (bicyclic) bond motifs is 3. The van der Waals surface area contributed by atoms with Gasteiger partial charge in [-0.2, -0.15) is 8.42 Å². The first-order valence-corrected chi connectivity index (χ1v) is 6.48. The van der Waals surface area contributed by atoms with E-state index in [1.807, 2.05) is 24.3 Å². The first-order chi connectivity index (χ1) is 8.53. The van der Waals surface area contributed by atoms with Gasteiger partial charge in [-0.15, -0.1) is 0 Å². The van der Waals surface area contributed by atoms with Gasteiger partial charge >= 0.3 is 10.5 Å². The highest BCUT2D eigenvalue weighted by molar-refractivity contribution is 7.81. The minimum absolute atomic E-state index is 0.0587. The van der Waals surface area contributed by atoms with Crippen LogP contribution >= 0.6 is 0 Å². The molecule has 0 radical (unpaired) electrons. The Labute approximate surface area is 102 Å². The van der Waals surface area contributed by atoms with Crippen molar-refractivity contribution in [2.75, 3.05) is 0 Å². The van der Waals surface area contributed by atoms with Crippen molar-refractivity contribution in [3.05, 3.63) is 42.5 Å². The normalized spacial score (nSPS) is 12.1. The number of para-hydroxylation sites is 1. The van der Waals surface area contributed by atoms with Crippen molar-refractivity contribution in [1.82, 2.24) is 4.98 Å². The van der Waals surface area contributed by atoms with Crippen molar-refractivity contribution >= 4 is 32.3 Å². The van der Waals surface area contributed by atoms with Crippen LogP contribution in [0, 0.1) is 0 Å². The summed E-state index contributed by atoms with van der Waals surface area (Å²) < 4.78 is 37.4. The molecule has 0 bridgehead atoms. The Morgan fingerprint density at radius 2 is 1.72 bits per heavy atom. The summed E-state index contributed by atoms with van der Waals surface area (Å²) in [6.07, 6.45) is 0. The van der Waals surface area contributed by atoms with E-state index in [4.69, 9.17) is 0 Å². The van der Waals surface area contributed by atoms with Gasteiger partial charge in [-0.1, -0.05) is 22.1 Å².